The summed E-state index contributed by atoms with van der Waals surface area (Å²) in [5, 5.41) is 5.05. The molecule has 2 heterocycles. The predicted molar refractivity (Wildman–Crippen MR) is 88.5 cm³/mol. The highest BCUT2D eigenvalue weighted by Gasteiger charge is 2.40. The molecule has 1 saturated carbocycles. The van der Waals surface area contributed by atoms with E-state index in [-0.39, 0.29) is 0 Å². The summed E-state index contributed by atoms with van der Waals surface area (Å²) in [6.45, 7) is 5.92. The molecule has 20 heavy (non-hydrogen) atoms. The normalized spacial score (nSPS) is 45.0. The van der Waals surface area contributed by atoms with Gasteiger partial charge in [0.15, 0.2) is 5.17 Å². The van der Waals surface area contributed by atoms with E-state index in [1.54, 1.807) is 0 Å². The van der Waals surface area contributed by atoms with Crippen molar-refractivity contribution >= 4 is 16.9 Å². The fraction of sp³-hybridized carbons (Fsp3) is 0.938. The minimum Gasteiger partial charge on any atom is -0.359 e. The van der Waals surface area contributed by atoms with Gasteiger partial charge in [-0.15, -0.1) is 0 Å². The van der Waals surface area contributed by atoms with Crippen molar-refractivity contribution in [3.05, 3.63) is 0 Å². The van der Waals surface area contributed by atoms with Crippen LogP contribution in [0, 0.1) is 5.92 Å². The molecule has 1 N–H and O–H groups in total. The summed E-state index contributed by atoms with van der Waals surface area (Å²) in [5.41, 5.74) is 0.373. The Balaban J connectivity index is 1.60. The van der Waals surface area contributed by atoms with Gasteiger partial charge in [-0.2, -0.15) is 0 Å². The molecule has 2 aliphatic heterocycles. The fourth-order valence-corrected chi connectivity index (χ4v) is 5.29. The standard InChI is InChI=1S/C16H29N3S/c1-12-5-4-7-16(10-12)11-20-15(18-16)17-14-6-8-19(3)13(2)9-14/h12-14H,4-11H2,1-3H3,(H,17,18). The average Bonchev–Trinajstić information content (AvgIpc) is 2.76. The van der Waals surface area contributed by atoms with Crippen molar-refractivity contribution in [2.45, 2.75) is 70.0 Å². The first-order valence-electron chi connectivity index (χ1n) is 8.25. The zero-order valence-electron chi connectivity index (χ0n) is 13.2. The zero-order chi connectivity index (χ0) is 14.2. The van der Waals surface area contributed by atoms with Crippen molar-refractivity contribution in [2.24, 2.45) is 10.9 Å². The Morgan fingerprint density at radius 1 is 1.35 bits per heavy atom. The van der Waals surface area contributed by atoms with Crippen molar-refractivity contribution in [2.75, 3.05) is 19.3 Å². The van der Waals surface area contributed by atoms with Crippen LogP contribution in [-0.4, -0.2) is 47.0 Å². The van der Waals surface area contributed by atoms with E-state index >= 15 is 0 Å². The minimum absolute atomic E-state index is 0.373. The van der Waals surface area contributed by atoms with E-state index in [9.17, 15) is 0 Å². The van der Waals surface area contributed by atoms with E-state index in [2.05, 4.69) is 31.1 Å². The number of rotatable bonds is 1. The zero-order valence-corrected chi connectivity index (χ0v) is 14.0. The summed E-state index contributed by atoms with van der Waals surface area (Å²) in [6.07, 6.45) is 7.90. The molecule has 0 aromatic heterocycles. The van der Waals surface area contributed by atoms with Crippen molar-refractivity contribution in [1.82, 2.24) is 10.2 Å². The van der Waals surface area contributed by atoms with Gasteiger partial charge in [-0.1, -0.05) is 31.5 Å². The van der Waals surface area contributed by atoms with Gasteiger partial charge in [-0.05, 0) is 45.6 Å². The molecule has 3 rings (SSSR count). The molecule has 1 aliphatic carbocycles. The second-order valence-electron chi connectivity index (χ2n) is 7.34. The number of likely N-dealkylation sites (tertiary alicyclic amines) is 1. The van der Waals surface area contributed by atoms with Crippen LogP contribution in [0.3, 0.4) is 0 Å². The molecule has 0 aromatic carbocycles. The number of aliphatic imine (C=N–C) groups is 1. The summed E-state index contributed by atoms with van der Waals surface area (Å²) in [4.78, 5) is 7.49. The van der Waals surface area contributed by atoms with Gasteiger partial charge in [0.25, 0.3) is 0 Å². The summed E-state index contributed by atoms with van der Waals surface area (Å²) < 4.78 is 0. The summed E-state index contributed by atoms with van der Waals surface area (Å²) in [6, 6.07) is 1.21. The Bertz CT molecular complexity index is 384. The van der Waals surface area contributed by atoms with E-state index in [1.807, 2.05) is 11.8 Å². The number of thioether (sulfide) groups is 1. The second-order valence-corrected chi connectivity index (χ2v) is 8.30. The highest BCUT2D eigenvalue weighted by molar-refractivity contribution is 8.14. The van der Waals surface area contributed by atoms with Crippen LogP contribution in [0.2, 0.25) is 0 Å². The van der Waals surface area contributed by atoms with Crippen molar-refractivity contribution in [1.29, 1.82) is 0 Å². The van der Waals surface area contributed by atoms with E-state index in [0.717, 1.165) is 5.92 Å². The molecule has 0 bridgehead atoms. The van der Waals surface area contributed by atoms with Crippen LogP contribution in [-0.2, 0) is 0 Å². The van der Waals surface area contributed by atoms with Crippen molar-refractivity contribution < 1.29 is 0 Å². The third kappa shape index (κ3) is 3.16. The van der Waals surface area contributed by atoms with Crippen molar-refractivity contribution in [3.8, 4) is 0 Å². The molecule has 4 unspecified atom stereocenters. The molecule has 2 saturated heterocycles. The predicted octanol–water partition coefficient (Wildman–Crippen LogP) is 3.11. The largest absolute Gasteiger partial charge is 0.359 e. The lowest BCUT2D eigenvalue weighted by Gasteiger charge is -2.36. The maximum absolute atomic E-state index is 5.04. The van der Waals surface area contributed by atoms with Crippen LogP contribution in [0.1, 0.15) is 52.4 Å². The van der Waals surface area contributed by atoms with Crippen molar-refractivity contribution in [3.63, 3.8) is 0 Å². The SMILES string of the molecule is CC1CCCC2(CSC(=NC3CCN(C)C(C)C3)N2)C1. The average molecular weight is 295 g/mol. The van der Waals surface area contributed by atoms with Crippen LogP contribution >= 0.6 is 11.8 Å². The number of piperidine rings is 1. The smallest absolute Gasteiger partial charge is 0.157 e. The van der Waals surface area contributed by atoms with Gasteiger partial charge in [0.1, 0.15) is 0 Å². The van der Waals surface area contributed by atoms with E-state index in [0.29, 0.717) is 17.6 Å². The maximum Gasteiger partial charge on any atom is 0.157 e. The third-order valence-corrected chi connectivity index (χ3v) is 6.61. The van der Waals surface area contributed by atoms with E-state index < -0.39 is 0 Å². The molecular formula is C16H29N3S. The lowest BCUT2D eigenvalue weighted by atomic mass is 9.78. The number of nitrogens with one attached hydrogen (secondary N) is 1. The molecule has 0 amide bonds. The van der Waals surface area contributed by atoms with Crippen LogP contribution in [0.5, 0.6) is 0 Å². The molecule has 1 spiro atoms. The number of nitrogens with zero attached hydrogens (tertiary/aromatic N) is 2. The molecule has 3 nitrogen and oxygen atoms in total. The maximum atomic E-state index is 5.04. The second kappa shape index (κ2) is 5.88. The van der Waals surface area contributed by atoms with Gasteiger partial charge in [-0.3, -0.25) is 4.99 Å². The Morgan fingerprint density at radius 2 is 2.20 bits per heavy atom. The van der Waals surface area contributed by atoms with Gasteiger partial charge in [0.05, 0.1) is 6.04 Å². The first kappa shape index (κ1) is 14.7. The van der Waals surface area contributed by atoms with Crippen LogP contribution in [0.15, 0.2) is 4.99 Å². The lowest BCUT2D eigenvalue weighted by molar-refractivity contribution is 0.184. The topological polar surface area (TPSA) is 27.6 Å². The van der Waals surface area contributed by atoms with Gasteiger partial charge >= 0.3 is 0 Å². The lowest BCUT2D eigenvalue weighted by Crippen LogP contribution is -2.47. The minimum atomic E-state index is 0.373. The summed E-state index contributed by atoms with van der Waals surface area (Å²) >= 11 is 1.97. The molecule has 114 valence electrons. The molecule has 3 aliphatic rings. The number of hydrogen-bond donors (Lipinski definition) is 1. The Kier molecular flexibility index (Phi) is 4.32. The monoisotopic (exact) mass is 295 g/mol. The van der Waals surface area contributed by atoms with Gasteiger partial charge in [0.2, 0.25) is 0 Å². The summed E-state index contributed by atoms with van der Waals surface area (Å²) in [5.74, 6) is 2.11. The highest BCUT2D eigenvalue weighted by Crippen LogP contribution is 2.39. The highest BCUT2D eigenvalue weighted by atomic mass is 32.2. The molecule has 0 radical (unpaired) electrons. The number of amidine groups is 1. The van der Waals surface area contributed by atoms with Gasteiger partial charge < -0.3 is 10.2 Å². The van der Waals surface area contributed by atoms with Crippen LogP contribution in [0.25, 0.3) is 0 Å². The molecule has 4 heteroatoms. The quantitative estimate of drug-likeness (QED) is 0.805. The Labute approximate surface area is 128 Å². The van der Waals surface area contributed by atoms with E-state index in [4.69, 9.17) is 4.99 Å². The fourth-order valence-electron chi connectivity index (χ4n) is 4.03. The van der Waals surface area contributed by atoms with Crippen LogP contribution < -0.4 is 5.32 Å². The Hall–Kier alpha value is -0.220. The van der Waals surface area contributed by atoms with Gasteiger partial charge in [-0.25, -0.2) is 0 Å². The molecule has 3 fully saturated rings. The molecule has 4 atom stereocenters. The first-order valence-corrected chi connectivity index (χ1v) is 9.24. The van der Waals surface area contributed by atoms with Crippen LogP contribution in [0.4, 0.5) is 0 Å². The first-order chi connectivity index (χ1) is 9.56. The summed E-state index contributed by atoms with van der Waals surface area (Å²) in [7, 11) is 2.23. The third-order valence-electron chi connectivity index (χ3n) is 5.43. The van der Waals surface area contributed by atoms with Gasteiger partial charge in [0, 0.05) is 23.9 Å². The van der Waals surface area contributed by atoms with E-state index in [1.165, 1.54) is 56.0 Å². The Morgan fingerprint density at radius 3 is 2.95 bits per heavy atom. The number of hydrogen-bond acceptors (Lipinski definition) is 3. The molecular weight excluding hydrogens is 266 g/mol. The molecule has 0 aromatic rings.